The summed E-state index contributed by atoms with van der Waals surface area (Å²) in [5, 5.41) is 12.8. The Bertz CT molecular complexity index is 896. The molecular formula is C13H9FN2O3S2. The molecule has 8 heteroatoms. The Balaban J connectivity index is 2.23. The smallest absolute Gasteiger partial charge is 0.346 e. The summed E-state index contributed by atoms with van der Waals surface area (Å²) in [5.74, 6) is -1.16. The van der Waals surface area contributed by atoms with Gasteiger partial charge in [0.15, 0.2) is 0 Å². The lowest BCUT2D eigenvalue weighted by atomic mass is 10.2. The second kappa shape index (κ2) is 5.05. The normalized spacial score (nSPS) is 11.1. The van der Waals surface area contributed by atoms with Gasteiger partial charge in [-0.25, -0.2) is 9.78 Å². The van der Waals surface area contributed by atoms with Gasteiger partial charge in [-0.15, -0.1) is 16.1 Å². The van der Waals surface area contributed by atoms with Gasteiger partial charge in [0.1, 0.15) is 15.5 Å². The van der Waals surface area contributed by atoms with Crippen molar-refractivity contribution < 1.29 is 14.4 Å². The number of carbonyl (C=O) groups is 1. The molecular weight excluding hydrogens is 315 g/mol. The van der Waals surface area contributed by atoms with E-state index in [0.717, 1.165) is 16.9 Å². The van der Waals surface area contributed by atoms with E-state index in [0.29, 0.717) is 0 Å². The van der Waals surface area contributed by atoms with Crippen molar-refractivity contribution in [2.75, 3.05) is 0 Å². The third-order valence-electron chi connectivity index (χ3n) is 3.11. The first-order valence-corrected chi connectivity index (χ1v) is 7.70. The van der Waals surface area contributed by atoms with E-state index in [9.17, 15) is 14.1 Å². The van der Waals surface area contributed by atoms with Crippen LogP contribution in [0, 0.1) is 6.92 Å². The highest BCUT2D eigenvalue weighted by Crippen LogP contribution is 2.27. The van der Waals surface area contributed by atoms with Crippen molar-refractivity contribution >= 4 is 38.9 Å². The summed E-state index contributed by atoms with van der Waals surface area (Å²) in [6.45, 7) is 1.49. The summed E-state index contributed by atoms with van der Waals surface area (Å²) in [4.78, 5) is 27.6. The lowest BCUT2D eigenvalue weighted by Gasteiger charge is -2.02. The molecule has 0 unspecified atom stereocenters. The summed E-state index contributed by atoms with van der Waals surface area (Å²) in [6.07, 6.45) is 0.185. The maximum atomic E-state index is 14.1. The fraction of sp³-hybridized carbons (Fsp3) is 0.154. The van der Waals surface area contributed by atoms with E-state index in [-0.39, 0.29) is 37.7 Å². The lowest BCUT2D eigenvalue weighted by molar-refractivity contribution is 0.0701. The van der Waals surface area contributed by atoms with Gasteiger partial charge in [0, 0.05) is 6.42 Å². The lowest BCUT2D eigenvalue weighted by Crippen LogP contribution is -2.19. The molecule has 0 amide bonds. The zero-order valence-corrected chi connectivity index (χ0v) is 12.4. The number of aryl methyl sites for hydroxylation is 1. The van der Waals surface area contributed by atoms with Gasteiger partial charge in [-0.05, 0) is 34.9 Å². The zero-order chi connectivity index (χ0) is 15.1. The van der Waals surface area contributed by atoms with Gasteiger partial charge in [0.05, 0.1) is 5.39 Å². The molecule has 0 aliphatic rings. The number of rotatable bonds is 3. The van der Waals surface area contributed by atoms with Crippen LogP contribution in [-0.4, -0.2) is 20.8 Å². The Morgan fingerprint density at radius 3 is 2.90 bits per heavy atom. The molecule has 0 aromatic carbocycles. The van der Waals surface area contributed by atoms with Crippen LogP contribution < -0.4 is 5.56 Å². The Kier molecular flexibility index (Phi) is 3.34. The molecule has 0 radical (unpaired) electrons. The van der Waals surface area contributed by atoms with Gasteiger partial charge in [-0.1, -0.05) is 4.48 Å². The number of nitrogens with zero attached hydrogens (tertiary/aromatic N) is 2. The Morgan fingerprint density at radius 2 is 2.29 bits per heavy atom. The molecule has 1 N–H and O–H groups in total. The molecule has 3 aromatic rings. The first kappa shape index (κ1) is 13.9. The van der Waals surface area contributed by atoms with Crippen LogP contribution >= 0.6 is 22.7 Å². The highest BCUT2D eigenvalue weighted by molar-refractivity contribution is 7.20. The van der Waals surface area contributed by atoms with Crippen molar-refractivity contribution in [1.29, 1.82) is 0 Å². The second-order valence-corrected chi connectivity index (χ2v) is 6.24. The molecule has 0 atom stereocenters. The van der Waals surface area contributed by atoms with Crippen molar-refractivity contribution in [1.82, 2.24) is 9.77 Å². The third kappa shape index (κ3) is 2.26. The first-order valence-electron chi connectivity index (χ1n) is 5.94. The fourth-order valence-corrected chi connectivity index (χ4v) is 3.79. The number of thiophene rings is 2. The monoisotopic (exact) mass is 324 g/mol. The molecule has 0 bridgehead atoms. The van der Waals surface area contributed by atoms with Gasteiger partial charge in [0.2, 0.25) is 0 Å². The first-order chi connectivity index (χ1) is 9.99. The largest absolute Gasteiger partial charge is 0.477 e. The predicted octanol–water partition coefficient (Wildman–Crippen LogP) is 2.85. The average Bonchev–Trinajstić information content (AvgIpc) is 3.04. The number of aromatic nitrogens is 2. The average molecular weight is 324 g/mol. The van der Waals surface area contributed by atoms with Gasteiger partial charge >= 0.3 is 5.97 Å². The summed E-state index contributed by atoms with van der Waals surface area (Å²) in [6, 6.07) is 1.82. The van der Waals surface area contributed by atoms with Crippen molar-refractivity contribution in [3.63, 3.8) is 0 Å². The van der Waals surface area contributed by atoms with Crippen LogP contribution in [0.2, 0.25) is 0 Å². The molecule has 108 valence electrons. The van der Waals surface area contributed by atoms with Crippen molar-refractivity contribution in [2.45, 2.75) is 13.3 Å². The zero-order valence-electron chi connectivity index (χ0n) is 10.8. The van der Waals surface area contributed by atoms with E-state index in [1.165, 1.54) is 18.3 Å². The van der Waals surface area contributed by atoms with Crippen LogP contribution in [0.3, 0.4) is 0 Å². The predicted molar refractivity (Wildman–Crippen MR) is 79.2 cm³/mol. The molecule has 3 heterocycles. The van der Waals surface area contributed by atoms with Crippen LogP contribution in [0.5, 0.6) is 0 Å². The maximum absolute atomic E-state index is 14.1. The molecule has 0 aliphatic carbocycles. The van der Waals surface area contributed by atoms with Gasteiger partial charge in [-0.2, -0.15) is 11.3 Å². The van der Waals surface area contributed by atoms with Gasteiger partial charge < -0.3 is 5.11 Å². The number of carboxylic acid groups (broad SMARTS) is 1. The summed E-state index contributed by atoms with van der Waals surface area (Å²) in [5.41, 5.74) is 0.254. The number of halogens is 1. The topological polar surface area (TPSA) is 72.2 Å². The van der Waals surface area contributed by atoms with E-state index in [2.05, 4.69) is 4.98 Å². The summed E-state index contributed by atoms with van der Waals surface area (Å²) < 4.78 is 14.1. The second-order valence-electron chi connectivity index (χ2n) is 4.46. The van der Waals surface area contributed by atoms with Gasteiger partial charge in [0.25, 0.3) is 5.56 Å². The van der Waals surface area contributed by atoms with Crippen LogP contribution in [0.1, 0.15) is 26.6 Å². The van der Waals surface area contributed by atoms with Crippen LogP contribution in [0.15, 0.2) is 21.6 Å². The van der Waals surface area contributed by atoms with Crippen LogP contribution in [0.4, 0.5) is 4.48 Å². The number of aromatic carboxylic acids is 1. The Labute approximate surface area is 125 Å². The van der Waals surface area contributed by atoms with Crippen LogP contribution in [0.25, 0.3) is 10.2 Å². The molecule has 0 saturated carbocycles. The van der Waals surface area contributed by atoms with Gasteiger partial charge in [-0.3, -0.25) is 4.79 Å². The minimum Gasteiger partial charge on any atom is -0.477 e. The molecule has 3 aromatic heterocycles. The number of hydrogen-bond acceptors (Lipinski definition) is 5. The number of carboxylic acids is 1. The van der Waals surface area contributed by atoms with E-state index < -0.39 is 11.5 Å². The van der Waals surface area contributed by atoms with Crippen molar-refractivity contribution in [2.24, 2.45) is 0 Å². The molecule has 0 fully saturated rings. The third-order valence-corrected chi connectivity index (χ3v) is 5.02. The maximum Gasteiger partial charge on any atom is 0.346 e. The van der Waals surface area contributed by atoms with Crippen molar-refractivity contribution in [3.8, 4) is 0 Å². The molecule has 0 spiro atoms. The van der Waals surface area contributed by atoms with E-state index in [4.69, 9.17) is 5.11 Å². The standard InChI is InChI=1S/C13H9FN2O3S2/c1-6-9-11(21-10(6)13(18)19)15-8(16(14)12(9)17)4-7-2-3-20-5-7/h2-3,5H,4H2,1H3,(H,18,19). The molecule has 21 heavy (non-hydrogen) atoms. The fourth-order valence-electron chi connectivity index (χ4n) is 2.09. The molecule has 0 aliphatic heterocycles. The number of hydrogen-bond donors (Lipinski definition) is 1. The van der Waals surface area contributed by atoms with E-state index in [1.54, 1.807) is 0 Å². The highest BCUT2D eigenvalue weighted by Gasteiger charge is 2.21. The van der Waals surface area contributed by atoms with E-state index in [1.807, 2.05) is 16.8 Å². The Morgan fingerprint density at radius 1 is 1.52 bits per heavy atom. The Hall–Kier alpha value is -2.06. The SMILES string of the molecule is Cc1c(C(=O)O)sc2nc(Cc3ccsc3)n(F)c(=O)c12. The summed E-state index contributed by atoms with van der Waals surface area (Å²) >= 11 is 2.36. The minimum atomic E-state index is -1.14. The summed E-state index contributed by atoms with van der Waals surface area (Å²) in [7, 11) is 0. The quantitative estimate of drug-likeness (QED) is 0.804. The minimum absolute atomic E-state index is 0.00531. The molecule has 3 rings (SSSR count). The number of fused-ring (bicyclic) bond motifs is 1. The highest BCUT2D eigenvalue weighted by atomic mass is 32.1. The van der Waals surface area contributed by atoms with E-state index >= 15 is 0 Å². The van der Waals surface area contributed by atoms with Crippen molar-refractivity contribution in [3.05, 3.63) is 49.0 Å². The van der Waals surface area contributed by atoms with Crippen LogP contribution in [-0.2, 0) is 6.42 Å². The molecule has 5 nitrogen and oxygen atoms in total. The molecule has 0 saturated heterocycles.